The molecule has 0 saturated heterocycles. The number of benzene rings is 1. The summed E-state index contributed by atoms with van der Waals surface area (Å²) in [6.45, 7) is 0. The average Bonchev–Trinajstić information content (AvgIpc) is 2.35. The summed E-state index contributed by atoms with van der Waals surface area (Å²) in [6, 6.07) is 2.76. The first kappa shape index (κ1) is 12.1. The molecule has 2 nitrogen and oxygen atoms in total. The molecule has 0 amide bonds. The fraction of sp³-hybridized carbons (Fsp3) is 0.538. The molecule has 0 aromatic heterocycles. The van der Waals surface area contributed by atoms with E-state index in [0.29, 0.717) is 5.69 Å². The Morgan fingerprint density at radius 1 is 1.18 bits per heavy atom. The van der Waals surface area contributed by atoms with Crippen LogP contribution in [0.4, 0.5) is 20.2 Å². The molecule has 2 N–H and O–H groups in total. The van der Waals surface area contributed by atoms with E-state index in [1.54, 1.807) is 11.9 Å². The monoisotopic (exact) mass is 240 g/mol. The lowest BCUT2D eigenvalue weighted by Gasteiger charge is -2.33. The lowest BCUT2D eigenvalue weighted by Crippen LogP contribution is -2.34. The molecular formula is C13H18F2N2. The summed E-state index contributed by atoms with van der Waals surface area (Å²) in [5.41, 5.74) is 6.26. The zero-order valence-corrected chi connectivity index (χ0v) is 10.0. The lowest BCUT2D eigenvalue weighted by atomic mass is 9.94. The highest BCUT2D eigenvalue weighted by Gasteiger charge is 2.23. The van der Waals surface area contributed by atoms with E-state index in [1.165, 1.54) is 12.5 Å². The molecule has 94 valence electrons. The van der Waals surface area contributed by atoms with Gasteiger partial charge in [0.15, 0.2) is 11.6 Å². The van der Waals surface area contributed by atoms with Gasteiger partial charge in [-0.2, -0.15) is 0 Å². The number of anilines is 2. The molecule has 0 atom stereocenters. The van der Waals surface area contributed by atoms with Gasteiger partial charge in [0.2, 0.25) is 0 Å². The molecule has 0 aliphatic heterocycles. The number of hydrogen-bond donors (Lipinski definition) is 1. The molecular weight excluding hydrogens is 222 g/mol. The van der Waals surface area contributed by atoms with Crippen LogP contribution in [0.15, 0.2) is 12.1 Å². The topological polar surface area (TPSA) is 29.3 Å². The third kappa shape index (κ3) is 2.35. The molecule has 0 heterocycles. The average molecular weight is 240 g/mol. The summed E-state index contributed by atoms with van der Waals surface area (Å²) in [5.74, 6) is -1.67. The first-order valence-corrected chi connectivity index (χ1v) is 6.07. The molecule has 2 rings (SSSR count). The highest BCUT2D eigenvalue weighted by molar-refractivity contribution is 5.68. The van der Waals surface area contributed by atoms with Gasteiger partial charge in [-0.25, -0.2) is 8.78 Å². The third-order valence-corrected chi connectivity index (χ3v) is 3.58. The van der Waals surface area contributed by atoms with Crippen molar-refractivity contribution in [1.82, 2.24) is 0 Å². The largest absolute Gasteiger partial charge is 0.397 e. The summed E-state index contributed by atoms with van der Waals surface area (Å²) >= 11 is 0. The van der Waals surface area contributed by atoms with Gasteiger partial charge in [-0.1, -0.05) is 19.3 Å². The predicted molar refractivity (Wildman–Crippen MR) is 66.0 cm³/mol. The fourth-order valence-corrected chi connectivity index (χ4v) is 2.56. The van der Waals surface area contributed by atoms with Crippen molar-refractivity contribution >= 4 is 11.4 Å². The van der Waals surface area contributed by atoms with E-state index in [1.807, 2.05) is 0 Å². The maximum absolute atomic E-state index is 13.8. The molecule has 1 aliphatic carbocycles. The van der Waals surface area contributed by atoms with E-state index < -0.39 is 11.6 Å². The van der Waals surface area contributed by atoms with Crippen molar-refractivity contribution in [3.63, 3.8) is 0 Å². The maximum atomic E-state index is 13.8. The van der Waals surface area contributed by atoms with Crippen LogP contribution in [0.3, 0.4) is 0 Å². The number of nitrogen functional groups attached to an aromatic ring is 1. The molecule has 1 fully saturated rings. The Kier molecular flexibility index (Phi) is 3.50. The van der Waals surface area contributed by atoms with Gasteiger partial charge >= 0.3 is 0 Å². The van der Waals surface area contributed by atoms with Gasteiger partial charge in [0.1, 0.15) is 0 Å². The number of nitrogens with two attached hydrogens (primary N) is 1. The minimum atomic E-state index is -0.836. The first-order chi connectivity index (χ1) is 8.11. The Balaban J connectivity index is 2.29. The van der Waals surface area contributed by atoms with Crippen molar-refractivity contribution in [3.8, 4) is 0 Å². The third-order valence-electron chi connectivity index (χ3n) is 3.58. The van der Waals surface area contributed by atoms with Gasteiger partial charge < -0.3 is 10.6 Å². The van der Waals surface area contributed by atoms with Crippen molar-refractivity contribution in [1.29, 1.82) is 0 Å². The summed E-state index contributed by atoms with van der Waals surface area (Å²) < 4.78 is 27.0. The molecule has 0 spiro atoms. The van der Waals surface area contributed by atoms with E-state index in [0.717, 1.165) is 31.7 Å². The van der Waals surface area contributed by atoms with Crippen LogP contribution in [0.5, 0.6) is 0 Å². The van der Waals surface area contributed by atoms with Crippen LogP contribution in [0.2, 0.25) is 0 Å². The van der Waals surface area contributed by atoms with Crippen LogP contribution in [0, 0.1) is 11.6 Å². The van der Waals surface area contributed by atoms with Gasteiger partial charge in [0.05, 0.1) is 11.4 Å². The Morgan fingerprint density at radius 3 is 2.47 bits per heavy atom. The number of nitrogens with zero attached hydrogens (tertiary/aromatic N) is 1. The SMILES string of the molecule is CN(c1c(N)ccc(F)c1F)C1CCCCC1. The molecule has 1 aromatic rings. The minimum absolute atomic E-state index is 0.205. The zero-order valence-electron chi connectivity index (χ0n) is 10.0. The summed E-state index contributed by atoms with van der Waals surface area (Å²) in [5, 5.41) is 0. The van der Waals surface area contributed by atoms with Gasteiger partial charge in [-0.3, -0.25) is 0 Å². The van der Waals surface area contributed by atoms with Crippen LogP contribution < -0.4 is 10.6 Å². The second-order valence-corrected chi connectivity index (χ2v) is 4.70. The molecule has 0 radical (unpaired) electrons. The molecule has 0 bridgehead atoms. The van der Waals surface area contributed by atoms with Crippen LogP contribution in [0.1, 0.15) is 32.1 Å². The van der Waals surface area contributed by atoms with Crippen LogP contribution in [0.25, 0.3) is 0 Å². The second kappa shape index (κ2) is 4.90. The lowest BCUT2D eigenvalue weighted by molar-refractivity contribution is 0.421. The molecule has 1 aromatic carbocycles. The van der Waals surface area contributed by atoms with E-state index in [2.05, 4.69) is 0 Å². The Bertz CT molecular complexity index is 401. The van der Waals surface area contributed by atoms with Crippen LogP contribution >= 0.6 is 0 Å². The highest BCUT2D eigenvalue weighted by atomic mass is 19.2. The van der Waals surface area contributed by atoms with Gasteiger partial charge in [0.25, 0.3) is 0 Å². The van der Waals surface area contributed by atoms with Crippen molar-refractivity contribution in [3.05, 3.63) is 23.8 Å². The highest BCUT2D eigenvalue weighted by Crippen LogP contribution is 2.32. The smallest absolute Gasteiger partial charge is 0.184 e. The minimum Gasteiger partial charge on any atom is -0.397 e. The fourth-order valence-electron chi connectivity index (χ4n) is 2.56. The van der Waals surface area contributed by atoms with Crippen molar-refractivity contribution in [2.75, 3.05) is 17.7 Å². The summed E-state index contributed by atoms with van der Waals surface area (Å²) in [7, 11) is 1.80. The molecule has 17 heavy (non-hydrogen) atoms. The van der Waals surface area contributed by atoms with Gasteiger partial charge in [-0.05, 0) is 25.0 Å². The number of halogens is 2. The Morgan fingerprint density at radius 2 is 1.82 bits per heavy atom. The van der Waals surface area contributed by atoms with Gasteiger partial charge in [0, 0.05) is 13.1 Å². The quantitative estimate of drug-likeness (QED) is 0.803. The summed E-state index contributed by atoms with van der Waals surface area (Å²) in [6.07, 6.45) is 5.56. The Labute approximate surface area is 100 Å². The normalized spacial score (nSPS) is 17.1. The molecule has 1 aliphatic rings. The van der Waals surface area contributed by atoms with Crippen molar-refractivity contribution in [2.45, 2.75) is 38.1 Å². The predicted octanol–water partition coefficient (Wildman–Crippen LogP) is 3.32. The Hall–Kier alpha value is -1.32. The molecule has 4 heteroatoms. The first-order valence-electron chi connectivity index (χ1n) is 6.07. The van der Waals surface area contributed by atoms with Gasteiger partial charge in [-0.15, -0.1) is 0 Å². The maximum Gasteiger partial charge on any atom is 0.184 e. The number of hydrogen-bond acceptors (Lipinski definition) is 2. The van der Waals surface area contributed by atoms with E-state index >= 15 is 0 Å². The molecule has 1 saturated carbocycles. The van der Waals surface area contributed by atoms with Crippen LogP contribution in [-0.4, -0.2) is 13.1 Å². The second-order valence-electron chi connectivity index (χ2n) is 4.70. The zero-order chi connectivity index (χ0) is 12.4. The van der Waals surface area contributed by atoms with E-state index in [4.69, 9.17) is 5.73 Å². The number of rotatable bonds is 2. The van der Waals surface area contributed by atoms with E-state index in [9.17, 15) is 8.78 Å². The standard InChI is InChI=1S/C13H18F2N2/c1-17(9-5-3-2-4-6-9)13-11(16)8-7-10(14)12(13)15/h7-9H,2-6,16H2,1H3. The molecule has 0 unspecified atom stereocenters. The van der Waals surface area contributed by atoms with E-state index in [-0.39, 0.29) is 11.7 Å². The van der Waals surface area contributed by atoms with Crippen LogP contribution in [-0.2, 0) is 0 Å². The summed E-state index contributed by atoms with van der Waals surface area (Å²) in [4.78, 5) is 1.80. The van der Waals surface area contributed by atoms with Crippen molar-refractivity contribution in [2.24, 2.45) is 0 Å². The van der Waals surface area contributed by atoms with Crippen molar-refractivity contribution < 1.29 is 8.78 Å².